The Morgan fingerprint density at radius 1 is 0.593 bits per heavy atom. The van der Waals surface area contributed by atoms with Gasteiger partial charge < -0.3 is 0 Å². The zero-order valence-corrected chi connectivity index (χ0v) is 16.0. The number of hydrogen-bond acceptors (Lipinski definition) is 1. The molecule has 1 aliphatic carbocycles. The SMILES string of the molecule is Brc1c2ccccc2c2c3c(cccc13)-c1cc(-c3ccncc3)ccc1-2. The molecule has 2 heteroatoms. The summed E-state index contributed by atoms with van der Waals surface area (Å²) in [5, 5.41) is 5.20. The van der Waals surface area contributed by atoms with Gasteiger partial charge in [-0.3, -0.25) is 4.98 Å². The van der Waals surface area contributed by atoms with Gasteiger partial charge in [-0.05, 0) is 89.1 Å². The van der Waals surface area contributed by atoms with Gasteiger partial charge in [0.05, 0.1) is 0 Å². The van der Waals surface area contributed by atoms with Crippen molar-refractivity contribution in [1.82, 2.24) is 4.98 Å². The summed E-state index contributed by atoms with van der Waals surface area (Å²) in [6.07, 6.45) is 3.70. The normalized spacial score (nSPS) is 11.9. The van der Waals surface area contributed by atoms with E-state index in [0.717, 1.165) is 0 Å². The van der Waals surface area contributed by atoms with Gasteiger partial charge in [-0.1, -0.05) is 54.6 Å². The third-order valence-electron chi connectivity index (χ3n) is 5.58. The van der Waals surface area contributed by atoms with Crippen LogP contribution in [0.25, 0.3) is 54.9 Å². The lowest BCUT2D eigenvalue weighted by atomic mass is 9.95. The first-order chi connectivity index (χ1) is 13.3. The van der Waals surface area contributed by atoms with Crippen LogP contribution in [-0.4, -0.2) is 4.98 Å². The third-order valence-corrected chi connectivity index (χ3v) is 6.43. The lowest BCUT2D eigenvalue weighted by Gasteiger charge is -2.11. The van der Waals surface area contributed by atoms with Gasteiger partial charge in [0, 0.05) is 16.9 Å². The van der Waals surface area contributed by atoms with Crippen molar-refractivity contribution in [2.24, 2.45) is 0 Å². The molecule has 1 aliphatic rings. The van der Waals surface area contributed by atoms with Crippen LogP contribution in [-0.2, 0) is 0 Å². The maximum absolute atomic E-state index is 4.15. The van der Waals surface area contributed by atoms with Gasteiger partial charge in [-0.25, -0.2) is 0 Å². The van der Waals surface area contributed by atoms with Crippen molar-refractivity contribution < 1.29 is 0 Å². The van der Waals surface area contributed by atoms with Crippen LogP contribution < -0.4 is 0 Å². The van der Waals surface area contributed by atoms with E-state index in [1.54, 1.807) is 0 Å². The van der Waals surface area contributed by atoms with Crippen LogP contribution in [0.4, 0.5) is 0 Å². The Bertz CT molecular complexity index is 1370. The molecule has 0 N–H and O–H groups in total. The molecule has 6 rings (SSSR count). The predicted molar refractivity (Wildman–Crippen MR) is 117 cm³/mol. The highest BCUT2D eigenvalue weighted by molar-refractivity contribution is 9.10. The molecular formula is C25H14BrN. The summed E-state index contributed by atoms with van der Waals surface area (Å²) in [5.74, 6) is 0. The molecule has 1 aromatic heterocycles. The van der Waals surface area contributed by atoms with Crippen molar-refractivity contribution in [2.75, 3.05) is 0 Å². The zero-order chi connectivity index (χ0) is 18.0. The first-order valence-electron chi connectivity index (χ1n) is 9.01. The van der Waals surface area contributed by atoms with E-state index in [9.17, 15) is 0 Å². The molecule has 0 aliphatic heterocycles. The Morgan fingerprint density at radius 3 is 2.22 bits per heavy atom. The molecule has 0 saturated carbocycles. The van der Waals surface area contributed by atoms with E-state index in [1.165, 1.54) is 59.4 Å². The molecule has 1 heterocycles. The van der Waals surface area contributed by atoms with Gasteiger partial charge in [-0.2, -0.15) is 0 Å². The second kappa shape index (κ2) is 5.51. The van der Waals surface area contributed by atoms with Crippen LogP contribution in [0, 0.1) is 0 Å². The summed E-state index contributed by atoms with van der Waals surface area (Å²) in [6.45, 7) is 0. The summed E-state index contributed by atoms with van der Waals surface area (Å²) in [6, 6.07) is 26.3. The quantitative estimate of drug-likeness (QED) is 0.257. The molecule has 0 atom stereocenters. The van der Waals surface area contributed by atoms with E-state index in [1.807, 2.05) is 12.4 Å². The molecule has 0 amide bonds. The number of benzene rings is 4. The summed E-state index contributed by atoms with van der Waals surface area (Å²) >= 11 is 3.87. The molecule has 4 aromatic carbocycles. The van der Waals surface area contributed by atoms with E-state index >= 15 is 0 Å². The standard InChI is InChI=1S/C25H14BrN/c26-25-20-5-2-1-4-17(20)23-19-9-8-16(15-10-12-27-13-11-15)14-22(19)18-6-3-7-21(25)24(18)23/h1-14H. The number of pyridine rings is 1. The molecule has 126 valence electrons. The van der Waals surface area contributed by atoms with E-state index in [0.29, 0.717) is 0 Å². The first-order valence-corrected chi connectivity index (χ1v) is 9.80. The van der Waals surface area contributed by atoms with Crippen LogP contribution in [0.3, 0.4) is 0 Å². The van der Waals surface area contributed by atoms with Crippen molar-refractivity contribution in [3.05, 3.63) is 89.7 Å². The molecule has 1 nitrogen and oxygen atoms in total. The van der Waals surface area contributed by atoms with Crippen LogP contribution in [0.1, 0.15) is 0 Å². The molecule has 0 spiro atoms. The fourth-order valence-corrected chi connectivity index (χ4v) is 5.07. The highest BCUT2D eigenvalue weighted by Gasteiger charge is 2.25. The Hall–Kier alpha value is -2.97. The van der Waals surface area contributed by atoms with E-state index in [4.69, 9.17) is 0 Å². The number of aromatic nitrogens is 1. The summed E-state index contributed by atoms with van der Waals surface area (Å²) in [4.78, 5) is 4.15. The first kappa shape index (κ1) is 15.1. The average molecular weight is 408 g/mol. The van der Waals surface area contributed by atoms with Gasteiger partial charge in [0.2, 0.25) is 0 Å². The monoisotopic (exact) mass is 407 g/mol. The van der Waals surface area contributed by atoms with Crippen LogP contribution >= 0.6 is 15.9 Å². The Labute approximate surface area is 165 Å². The highest BCUT2D eigenvalue weighted by Crippen LogP contribution is 2.53. The molecule has 0 fully saturated rings. The topological polar surface area (TPSA) is 12.9 Å². The van der Waals surface area contributed by atoms with E-state index < -0.39 is 0 Å². The lowest BCUT2D eigenvalue weighted by Crippen LogP contribution is -1.84. The Kier molecular flexibility index (Phi) is 3.09. The second-order valence-corrected chi connectivity index (χ2v) is 7.75. The van der Waals surface area contributed by atoms with Crippen LogP contribution in [0.5, 0.6) is 0 Å². The number of nitrogens with zero attached hydrogens (tertiary/aromatic N) is 1. The minimum absolute atomic E-state index is 1.18. The van der Waals surface area contributed by atoms with Crippen LogP contribution in [0.2, 0.25) is 0 Å². The smallest absolute Gasteiger partial charge is 0.0332 e. The molecule has 27 heavy (non-hydrogen) atoms. The summed E-state index contributed by atoms with van der Waals surface area (Å²) in [7, 11) is 0. The minimum Gasteiger partial charge on any atom is -0.265 e. The fourth-order valence-electron chi connectivity index (χ4n) is 4.39. The maximum atomic E-state index is 4.15. The average Bonchev–Trinajstić information content (AvgIpc) is 3.07. The van der Waals surface area contributed by atoms with Gasteiger partial charge >= 0.3 is 0 Å². The van der Waals surface area contributed by atoms with Crippen LogP contribution in [0.15, 0.2) is 89.7 Å². The van der Waals surface area contributed by atoms with Gasteiger partial charge in [0.15, 0.2) is 0 Å². The Morgan fingerprint density at radius 2 is 1.37 bits per heavy atom. The minimum atomic E-state index is 1.18. The number of rotatable bonds is 1. The Balaban J connectivity index is 1.75. The summed E-state index contributed by atoms with van der Waals surface area (Å²) < 4.78 is 1.18. The zero-order valence-electron chi connectivity index (χ0n) is 14.4. The third kappa shape index (κ3) is 2.02. The number of hydrogen-bond donors (Lipinski definition) is 0. The van der Waals surface area contributed by atoms with E-state index in [2.05, 4.69) is 93.7 Å². The molecule has 0 radical (unpaired) electrons. The second-order valence-electron chi connectivity index (χ2n) is 6.96. The van der Waals surface area contributed by atoms with E-state index in [-0.39, 0.29) is 0 Å². The van der Waals surface area contributed by atoms with Crippen molar-refractivity contribution in [3.63, 3.8) is 0 Å². The highest BCUT2D eigenvalue weighted by atomic mass is 79.9. The number of fused-ring (bicyclic) bond motifs is 5. The number of halogens is 1. The van der Waals surface area contributed by atoms with Gasteiger partial charge in [0.25, 0.3) is 0 Å². The van der Waals surface area contributed by atoms with Gasteiger partial charge in [0.1, 0.15) is 0 Å². The van der Waals surface area contributed by atoms with Crippen molar-refractivity contribution >= 4 is 37.5 Å². The molecule has 5 aromatic rings. The molecule has 0 unspecified atom stereocenters. The van der Waals surface area contributed by atoms with Crippen molar-refractivity contribution in [2.45, 2.75) is 0 Å². The molecular weight excluding hydrogens is 394 g/mol. The fraction of sp³-hybridized carbons (Fsp3) is 0. The summed E-state index contributed by atoms with van der Waals surface area (Å²) in [5.41, 5.74) is 7.73. The predicted octanol–water partition coefficient (Wildman–Crippen LogP) is 7.46. The molecule has 0 saturated heterocycles. The maximum Gasteiger partial charge on any atom is 0.0332 e. The van der Waals surface area contributed by atoms with Crippen molar-refractivity contribution in [1.29, 1.82) is 0 Å². The largest absolute Gasteiger partial charge is 0.265 e. The lowest BCUT2D eigenvalue weighted by molar-refractivity contribution is 1.33. The van der Waals surface area contributed by atoms with Gasteiger partial charge in [-0.15, -0.1) is 0 Å². The van der Waals surface area contributed by atoms with Crippen molar-refractivity contribution in [3.8, 4) is 33.4 Å². The molecule has 0 bridgehead atoms.